The number of hydrogen-bond donors (Lipinski definition) is 0. The molecule has 0 radical (unpaired) electrons. The number of benzene rings is 1. The van der Waals surface area contributed by atoms with Crippen LogP contribution in [0.4, 0.5) is 4.39 Å². The van der Waals surface area contributed by atoms with Crippen molar-refractivity contribution in [3.8, 4) is 11.3 Å². The number of halogens is 1. The minimum Gasteiger partial charge on any atom is -0.256 e. The minimum atomic E-state index is -0.152. The maximum Gasteiger partial charge on any atom is 0.127 e. The fourth-order valence-electron chi connectivity index (χ4n) is 1.53. The van der Waals surface area contributed by atoms with Crippen LogP contribution < -0.4 is 0 Å². The summed E-state index contributed by atoms with van der Waals surface area (Å²) >= 11 is 0. The normalized spacial score (nSPS) is 10.3. The summed E-state index contributed by atoms with van der Waals surface area (Å²) in [5.41, 5.74) is 2.37. The average molecular weight is 201 g/mol. The molecule has 0 saturated carbocycles. The number of pyridine rings is 1. The molecule has 15 heavy (non-hydrogen) atoms. The topological polar surface area (TPSA) is 12.9 Å². The monoisotopic (exact) mass is 201 g/mol. The fraction of sp³-hybridized carbons (Fsp3) is 0.154. The van der Waals surface area contributed by atoms with Crippen LogP contribution >= 0.6 is 0 Å². The minimum absolute atomic E-state index is 0.152. The molecule has 0 atom stereocenters. The second-order valence-electron chi connectivity index (χ2n) is 3.37. The molecule has 0 aliphatic rings. The Hall–Kier alpha value is -1.70. The summed E-state index contributed by atoms with van der Waals surface area (Å²) < 4.78 is 13.5. The van der Waals surface area contributed by atoms with Gasteiger partial charge in [0.15, 0.2) is 0 Å². The SMILES string of the molecule is CCc1ccc(-c2ccccn2)cc1F. The van der Waals surface area contributed by atoms with Crippen LogP contribution in [0, 0.1) is 5.82 Å². The summed E-state index contributed by atoms with van der Waals surface area (Å²) in [6, 6.07) is 10.9. The molecule has 2 rings (SSSR count). The fourth-order valence-corrected chi connectivity index (χ4v) is 1.53. The molecule has 2 heteroatoms. The van der Waals surface area contributed by atoms with Crippen LogP contribution in [0.3, 0.4) is 0 Å². The van der Waals surface area contributed by atoms with Crippen molar-refractivity contribution in [1.82, 2.24) is 4.98 Å². The van der Waals surface area contributed by atoms with Gasteiger partial charge in [0.05, 0.1) is 5.69 Å². The van der Waals surface area contributed by atoms with Crippen molar-refractivity contribution in [2.45, 2.75) is 13.3 Å². The van der Waals surface area contributed by atoms with Gasteiger partial charge in [0.1, 0.15) is 5.82 Å². The summed E-state index contributed by atoms with van der Waals surface area (Å²) in [6.45, 7) is 1.94. The first-order chi connectivity index (χ1) is 7.31. The second kappa shape index (κ2) is 4.22. The highest BCUT2D eigenvalue weighted by atomic mass is 19.1. The molecule has 0 saturated heterocycles. The van der Waals surface area contributed by atoms with E-state index in [0.29, 0.717) is 6.42 Å². The average Bonchev–Trinajstić information content (AvgIpc) is 2.30. The number of aryl methyl sites for hydroxylation is 1. The molecule has 0 aliphatic heterocycles. The molecule has 0 N–H and O–H groups in total. The van der Waals surface area contributed by atoms with Crippen molar-refractivity contribution in [2.24, 2.45) is 0 Å². The quantitative estimate of drug-likeness (QED) is 0.725. The van der Waals surface area contributed by atoms with Gasteiger partial charge in [-0.25, -0.2) is 4.39 Å². The number of aromatic nitrogens is 1. The van der Waals surface area contributed by atoms with E-state index in [1.165, 1.54) is 0 Å². The molecule has 0 unspecified atom stereocenters. The third-order valence-electron chi connectivity index (χ3n) is 2.39. The predicted octanol–water partition coefficient (Wildman–Crippen LogP) is 3.45. The summed E-state index contributed by atoms with van der Waals surface area (Å²) in [7, 11) is 0. The molecule has 2 aromatic rings. The first kappa shape index (κ1) is 9.84. The van der Waals surface area contributed by atoms with Gasteiger partial charge in [0.2, 0.25) is 0 Å². The zero-order valence-electron chi connectivity index (χ0n) is 8.57. The molecule has 76 valence electrons. The van der Waals surface area contributed by atoms with Gasteiger partial charge in [0, 0.05) is 11.8 Å². The van der Waals surface area contributed by atoms with Gasteiger partial charge < -0.3 is 0 Å². The van der Waals surface area contributed by atoms with Crippen molar-refractivity contribution in [3.05, 3.63) is 54.0 Å². The van der Waals surface area contributed by atoms with Crippen molar-refractivity contribution < 1.29 is 4.39 Å². The van der Waals surface area contributed by atoms with Crippen LogP contribution in [0.5, 0.6) is 0 Å². The van der Waals surface area contributed by atoms with Crippen LogP contribution in [-0.4, -0.2) is 4.98 Å². The number of hydrogen-bond acceptors (Lipinski definition) is 1. The molecule has 0 fully saturated rings. The molecule has 1 aromatic heterocycles. The summed E-state index contributed by atoms with van der Waals surface area (Å²) in [4.78, 5) is 4.18. The van der Waals surface area contributed by atoms with E-state index in [9.17, 15) is 4.39 Å². The Labute approximate surface area is 88.6 Å². The van der Waals surface area contributed by atoms with Gasteiger partial charge >= 0.3 is 0 Å². The molecule has 1 heterocycles. The molecule has 0 amide bonds. The first-order valence-electron chi connectivity index (χ1n) is 5.01. The number of rotatable bonds is 2. The molecule has 1 aromatic carbocycles. The Balaban J connectivity index is 2.43. The Morgan fingerprint density at radius 1 is 1.20 bits per heavy atom. The Morgan fingerprint density at radius 2 is 2.07 bits per heavy atom. The van der Waals surface area contributed by atoms with Gasteiger partial charge in [-0.3, -0.25) is 4.98 Å². The van der Waals surface area contributed by atoms with E-state index in [-0.39, 0.29) is 5.82 Å². The predicted molar refractivity (Wildman–Crippen MR) is 59.0 cm³/mol. The van der Waals surface area contributed by atoms with Crippen molar-refractivity contribution >= 4 is 0 Å². The van der Waals surface area contributed by atoms with Crippen molar-refractivity contribution in [3.63, 3.8) is 0 Å². The van der Waals surface area contributed by atoms with Gasteiger partial charge in [-0.2, -0.15) is 0 Å². The van der Waals surface area contributed by atoms with E-state index in [1.807, 2.05) is 37.3 Å². The summed E-state index contributed by atoms with van der Waals surface area (Å²) in [5, 5.41) is 0. The van der Waals surface area contributed by atoms with Gasteiger partial charge in [0.25, 0.3) is 0 Å². The van der Waals surface area contributed by atoms with E-state index in [4.69, 9.17) is 0 Å². The molecule has 1 nitrogen and oxygen atoms in total. The van der Waals surface area contributed by atoms with E-state index in [0.717, 1.165) is 16.8 Å². The van der Waals surface area contributed by atoms with Gasteiger partial charge in [-0.1, -0.05) is 25.1 Å². The van der Waals surface area contributed by atoms with E-state index in [1.54, 1.807) is 12.3 Å². The lowest BCUT2D eigenvalue weighted by atomic mass is 10.1. The first-order valence-corrected chi connectivity index (χ1v) is 5.01. The van der Waals surface area contributed by atoms with Crippen molar-refractivity contribution in [1.29, 1.82) is 0 Å². The summed E-state index contributed by atoms with van der Waals surface area (Å²) in [6.07, 6.45) is 2.43. The van der Waals surface area contributed by atoms with Crippen LogP contribution in [0.15, 0.2) is 42.6 Å². The Kier molecular flexibility index (Phi) is 2.77. The standard InChI is InChI=1S/C13H12FN/c1-2-10-6-7-11(9-12(10)14)13-5-3-4-8-15-13/h3-9H,2H2,1H3. The van der Waals surface area contributed by atoms with E-state index in [2.05, 4.69) is 4.98 Å². The molecule has 0 bridgehead atoms. The summed E-state index contributed by atoms with van der Waals surface area (Å²) in [5.74, 6) is -0.152. The third-order valence-corrected chi connectivity index (χ3v) is 2.39. The maximum absolute atomic E-state index is 13.5. The highest BCUT2D eigenvalue weighted by molar-refractivity contribution is 5.59. The lowest BCUT2D eigenvalue weighted by molar-refractivity contribution is 0.612. The maximum atomic E-state index is 13.5. The smallest absolute Gasteiger partial charge is 0.127 e. The van der Waals surface area contributed by atoms with E-state index < -0.39 is 0 Å². The Morgan fingerprint density at radius 3 is 2.67 bits per heavy atom. The van der Waals surface area contributed by atoms with Gasteiger partial charge in [-0.15, -0.1) is 0 Å². The second-order valence-corrected chi connectivity index (χ2v) is 3.37. The molecular weight excluding hydrogens is 189 g/mol. The van der Waals surface area contributed by atoms with Crippen LogP contribution in [0.1, 0.15) is 12.5 Å². The zero-order valence-corrected chi connectivity index (χ0v) is 8.57. The highest BCUT2D eigenvalue weighted by Crippen LogP contribution is 2.19. The Bertz CT molecular complexity index is 451. The zero-order chi connectivity index (χ0) is 10.7. The largest absolute Gasteiger partial charge is 0.256 e. The number of nitrogens with zero attached hydrogens (tertiary/aromatic N) is 1. The molecule has 0 aliphatic carbocycles. The van der Waals surface area contributed by atoms with Crippen molar-refractivity contribution in [2.75, 3.05) is 0 Å². The third kappa shape index (κ3) is 2.04. The highest BCUT2D eigenvalue weighted by Gasteiger charge is 2.03. The van der Waals surface area contributed by atoms with Crippen LogP contribution in [0.25, 0.3) is 11.3 Å². The van der Waals surface area contributed by atoms with Gasteiger partial charge in [-0.05, 0) is 30.2 Å². The van der Waals surface area contributed by atoms with Crippen LogP contribution in [-0.2, 0) is 6.42 Å². The van der Waals surface area contributed by atoms with Crippen LogP contribution in [0.2, 0.25) is 0 Å². The molecule has 0 spiro atoms. The molecular formula is C13H12FN. The van der Waals surface area contributed by atoms with E-state index >= 15 is 0 Å². The lowest BCUT2D eigenvalue weighted by Gasteiger charge is -2.03. The lowest BCUT2D eigenvalue weighted by Crippen LogP contribution is -1.89.